The molecule has 27 heavy (non-hydrogen) atoms. The Morgan fingerprint density at radius 1 is 1.41 bits per heavy atom. The quantitative estimate of drug-likeness (QED) is 0.824. The second-order valence-electron chi connectivity index (χ2n) is 8.37. The average molecular weight is 374 g/mol. The molecule has 4 atom stereocenters. The van der Waals surface area contributed by atoms with Crippen molar-refractivity contribution in [2.24, 2.45) is 11.3 Å². The molecule has 2 aliphatic carbocycles. The molecular formula is C21H30N2O4. The van der Waals surface area contributed by atoms with Gasteiger partial charge in [0, 0.05) is 42.8 Å². The molecule has 1 heterocycles. The topological polar surface area (TPSA) is 67.9 Å². The summed E-state index contributed by atoms with van der Waals surface area (Å²) in [6.07, 6.45) is 3.74. The van der Waals surface area contributed by atoms with E-state index in [9.17, 15) is 9.59 Å². The standard InChI is InChI=1S/C21H30N2O4/c1-11(2)22-20(25)27-18-13(4)21(5)10-15-12(3)19(24)23(6)16(15)8-14(21)9-17(18)26-7/h8-9,11,13,17-18H,10H2,1-7H3,(H,22,25)/t13-,17+,18+,21+/m0/s1. The van der Waals surface area contributed by atoms with Crippen LogP contribution in [0.15, 0.2) is 34.6 Å². The molecule has 0 saturated heterocycles. The maximum Gasteiger partial charge on any atom is 0.407 e. The Morgan fingerprint density at radius 2 is 2.07 bits per heavy atom. The number of ether oxygens (including phenoxy) is 2. The van der Waals surface area contributed by atoms with Crippen molar-refractivity contribution in [2.75, 3.05) is 14.2 Å². The Labute approximate surface area is 161 Å². The number of methoxy groups -OCH3 is 1. The second-order valence-corrected chi connectivity index (χ2v) is 8.37. The van der Waals surface area contributed by atoms with Crippen molar-refractivity contribution in [2.45, 2.75) is 59.3 Å². The van der Waals surface area contributed by atoms with Crippen LogP contribution >= 0.6 is 0 Å². The Kier molecular flexibility index (Phi) is 4.97. The largest absolute Gasteiger partial charge is 0.443 e. The summed E-state index contributed by atoms with van der Waals surface area (Å²) in [7, 11) is 3.45. The molecule has 1 N–H and O–H groups in total. The summed E-state index contributed by atoms with van der Waals surface area (Å²) in [6, 6.07) is 0.00657. The lowest BCUT2D eigenvalue weighted by molar-refractivity contribution is -0.123. The van der Waals surface area contributed by atoms with Gasteiger partial charge in [0.05, 0.1) is 0 Å². The van der Waals surface area contributed by atoms with Crippen LogP contribution in [0.4, 0.5) is 4.79 Å². The van der Waals surface area contributed by atoms with Gasteiger partial charge in [0.1, 0.15) is 12.2 Å². The lowest BCUT2D eigenvalue weighted by Gasteiger charge is -2.48. The van der Waals surface area contributed by atoms with Crippen molar-refractivity contribution in [1.82, 2.24) is 10.2 Å². The highest BCUT2D eigenvalue weighted by molar-refractivity contribution is 6.00. The number of alkyl carbamates (subject to hydrolysis) is 1. The van der Waals surface area contributed by atoms with E-state index in [0.717, 1.165) is 28.8 Å². The zero-order valence-corrected chi connectivity index (χ0v) is 17.3. The Hall–Kier alpha value is -2.08. The van der Waals surface area contributed by atoms with E-state index in [1.54, 1.807) is 12.0 Å². The molecule has 0 aromatic heterocycles. The van der Waals surface area contributed by atoms with Gasteiger partial charge in [-0.2, -0.15) is 0 Å². The minimum absolute atomic E-state index is 0.00657. The summed E-state index contributed by atoms with van der Waals surface area (Å²) in [5.41, 5.74) is 3.78. The first-order chi connectivity index (χ1) is 12.6. The Balaban J connectivity index is 1.99. The van der Waals surface area contributed by atoms with Crippen molar-refractivity contribution in [3.05, 3.63) is 34.6 Å². The summed E-state index contributed by atoms with van der Waals surface area (Å²) < 4.78 is 11.4. The number of allylic oxidation sites excluding steroid dienone is 3. The van der Waals surface area contributed by atoms with Crippen LogP contribution in [0.25, 0.3) is 0 Å². The summed E-state index contributed by atoms with van der Waals surface area (Å²) in [6.45, 7) is 9.97. The van der Waals surface area contributed by atoms with Gasteiger partial charge in [0.2, 0.25) is 0 Å². The van der Waals surface area contributed by atoms with Crippen molar-refractivity contribution < 1.29 is 19.1 Å². The van der Waals surface area contributed by atoms with E-state index in [-0.39, 0.29) is 29.4 Å². The minimum Gasteiger partial charge on any atom is -0.443 e. The monoisotopic (exact) mass is 374 g/mol. The van der Waals surface area contributed by atoms with Crippen LogP contribution in [0.1, 0.15) is 41.0 Å². The minimum atomic E-state index is -0.428. The van der Waals surface area contributed by atoms with Crippen LogP contribution in [0, 0.1) is 11.3 Å². The number of carbonyl (C=O) groups excluding carboxylic acids is 2. The third-order valence-corrected chi connectivity index (χ3v) is 6.33. The van der Waals surface area contributed by atoms with Crippen molar-refractivity contribution in [3.8, 4) is 0 Å². The predicted octanol–water partition coefficient (Wildman–Crippen LogP) is 3.16. The predicted molar refractivity (Wildman–Crippen MR) is 103 cm³/mol. The fourth-order valence-electron chi connectivity index (χ4n) is 4.42. The Morgan fingerprint density at radius 3 is 2.67 bits per heavy atom. The highest BCUT2D eigenvalue weighted by atomic mass is 16.6. The van der Waals surface area contributed by atoms with Crippen molar-refractivity contribution in [1.29, 1.82) is 0 Å². The second kappa shape index (κ2) is 6.82. The molecule has 0 fully saturated rings. The average Bonchev–Trinajstić information content (AvgIpc) is 2.80. The van der Waals surface area contributed by atoms with Crippen LogP contribution in [-0.2, 0) is 14.3 Å². The smallest absolute Gasteiger partial charge is 0.407 e. The normalized spacial score (nSPS) is 32.8. The molecule has 2 amide bonds. The van der Waals surface area contributed by atoms with Crippen LogP contribution in [0.3, 0.4) is 0 Å². The molecule has 0 saturated carbocycles. The third kappa shape index (κ3) is 3.10. The van der Waals surface area contributed by atoms with Crippen LogP contribution in [-0.4, -0.2) is 49.3 Å². The van der Waals surface area contributed by atoms with Gasteiger partial charge in [-0.3, -0.25) is 4.79 Å². The number of nitrogens with one attached hydrogen (secondary N) is 1. The number of carbonyl (C=O) groups is 2. The molecule has 0 bridgehead atoms. The van der Waals surface area contributed by atoms with E-state index in [0.29, 0.717) is 0 Å². The maximum atomic E-state index is 12.4. The number of nitrogens with zero attached hydrogens (tertiary/aromatic N) is 1. The van der Waals surface area contributed by atoms with E-state index in [1.807, 2.05) is 33.9 Å². The summed E-state index contributed by atoms with van der Waals surface area (Å²) in [5.74, 6) is 0.0821. The molecule has 3 rings (SSSR count). The van der Waals surface area contributed by atoms with E-state index in [1.165, 1.54) is 0 Å². The molecular weight excluding hydrogens is 344 g/mol. The summed E-state index contributed by atoms with van der Waals surface area (Å²) in [4.78, 5) is 26.4. The lowest BCUT2D eigenvalue weighted by atomic mass is 9.59. The molecule has 0 aromatic carbocycles. The van der Waals surface area contributed by atoms with Crippen molar-refractivity contribution in [3.63, 3.8) is 0 Å². The zero-order valence-electron chi connectivity index (χ0n) is 17.3. The molecule has 6 nitrogen and oxygen atoms in total. The van der Waals surface area contributed by atoms with Gasteiger partial charge in [0.25, 0.3) is 5.91 Å². The first kappa shape index (κ1) is 19.7. The summed E-state index contributed by atoms with van der Waals surface area (Å²) in [5, 5.41) is 2.79. The number of hydrogen-bond donors (Lipinski definition) is 1. The number of hydrogen-bond acceptors (Lipinski definition) is 4. The fraction of sp³-hybridized carbons (Fsp3) is 0.619. The number of amides is 2. The molecule has 0 spiro atoms. The first-order valence-corrected chi connectivity index (χ1v) is 9.52. The van der Waals surface area contributed by atoms with E-state index >= 15 is 0 Å². The molecule has 1 aliphatic heterocycles. The molecule has 0 unspecified atom stereocenters. The molecule has 0 aromatic rings. The fourth-order valence-corrected chi connectivity index (χ4v) is 4.42. The van der Waals surface area contributed by atoms with Crippen molar-refractivity contribution >= 4 is 12.0 Å². The number of likely N-dealkylation sites (N-methyl/N-ethyl adjacent to an activating group) is 1. The van der Waals surface area contributed by atoms with Gasteiger partial charge in [-0.1, -0.05) is 13.8 Å². The number of fused-ring (bicyclic) bond motifs is 2. The van der Waals surface area contributed by atoms with Gasteiger partial charge in [-0.15, -0.1) is 0 Å². The van der Waals surface area contributed by atoms with E-state index in [4.69, 9.17) is 9.47 Å². The highest BCUT2D eigenvalue weighted by Crippen LogP contribution is 2.54. The van der Waals surface area contributed by atoms with Gasteiger partial charge >= 0.3 is 6.09 Å². The lowest BCUT2D eigenvalue weighted by Crippen LogP contribution is -2.51. The molecule has 3 aliphatic rings. The van der Waals surface area contributed by atoms with E-state index < -0.39 is 12.2 Å². The Bertz CT molecular complexity index is 764. The van der Waals surface area contributed by atoms with E-state index in [2.05, 4.69) is 25.2 Å². The maximum absolute atomic E-state index is 12.4. The van der Waals surface area contributed by atoms with Crippen LogP contribution < -0.4 is 5.32 Å². The molecule has 6 heteroatoms. The molecule has 148 valence electrons. The first-order valence-electron chi connectivity index (χ1n) is 9.52. The van der Waals surface area contributed by atoms with Gasteiger partial charge < -0.3 is 19.7 Å². The molecule has 0 radical (unpaired) electrons. The van der Waals surface area contributed by atoms with Crippen LogP contribution in [0.5, 0.6) is 0 Å². The third-order valence-electron chi connectivity index (χ3n) is 6.33. The SMILES string of the molecule is CO[C@@H]1C=C2C=C3C(=C(C)C(=O)N3C)C[C@]2(C)[C@@H](C)[C@H]1OC(=O)NC(C)C. The highest BCUT2D eigenvalue weighted by Gasteiger charge is 2.51. The zero-order chi connectivity index (χ0) is 20.1. The van der Waals surface area contributed by atoms with Gasteiger partial charge in [0.15, 0.2) is 0 Å². The number of rotatable bonds is 3. The van der Waals surface area contributed by atoms with Gasteiger partial charge in [-0.05, 0) is 50.5 Å². The van der Waals surface area contributed by atoms with Gasteiger partial charge in [-0.25, -0.2) is 4.79 Å². The van der Waals surface area contributed by atoms with Crippen LogP contribution in [0.2, 0.25) is 0 Å². The summed E-state index contributed by atoms with van der Waals surface area (Å²) >= 11 is 0.